The molecule has 2 atom stereocenters. The first-order valence-corrected chi connectivity index (χ1v) is 6.88. The number of benzene rings is 1. The lowest BCUT2D eigenvalue weighted by molar-refractivity contribution is -0.154. The van der Waals surface area contributed by atoms with Crippen LogP contribution in [0.5, 0.6) is 0 Å². The van der Waals surface area contributed by atoms with Crippen molar-refractivity contribution in [1.82, 2.24) is 0 Å². The molecule has 1 fully saturated rings. The summed E-state index contributed by atoms with van der Waals surface area (Å²) < 4.78 is 5.17. The van der Waals surface area contributed by atoms with Gasteiger partial charge in [-0.15, -0.1) is 0 Å². The summed E-state index contributed by atoms with van der Waals surface area (Å²) in [7, 11) is 0. The molecule has 1 aliphatic carbocycles. The van der Waals surface area contributed by atoms with E-state index in [1.54, 1.807) is 6.92 Å². The van der Waals surface area contributed by atoms with Gasteiger partial charge in [-0.25, -0.2) is 0 Å². The van der Waals surface area contributed by atoms with Gasteiger partial charge >= 0.3 is 5.97 Å². The van der Waals surface area contributed by atoms with E-state index in [4.69, 9.17) is 4.74 Å². The maximum Gasteiger partial charge on any atom is 0.327 e. The van der Waals surface area contributed by atoms with Gasteiger partial charge in [-0.3, -0.25) is 4.79 Å². The number of esters is 1. The Morgan fingerprint density at radius 2 is 2.16 bits per heavy atom. The molecule has 0 aliphatic heterocycles. The van der Waals surface area contributed by atoms with Gasteiger partial charge in [-0.1, -0.05) is 43.2 Å². The molecule has 0 amide bonds. The number of carbonyl (C=O) groups excluding carboxylic acids is 1. The van der Waals surface area contributed by atoms with Crippen molar-refractivity contribution < 1.29 is 9.53 Å². The Bertz CT molecular complexity index is 477. The van der Waals surface area contributed by atoms with Crippen molar-refractivity contribution in [2.45, 2.75) is 38.5 Å². The second-order valence-corrected chi connectivity index (χ2v) is 5.01. The van der Waals surface area contributed by atoms with Crippen LogP contribution in [0.15, 0.2) is 30.3 Å². The van der Waals surface area contributed by atoms with Crippen LogP contribution in [0.2, 0.25) is 0 Å². The van der Waals surface area contributed by atoms with E-state index in [1.165, 1.54) is 0 Å². The van der Waals surface area contributed by atoms with E-state index in [1.807, 2.05) is 30.3 Å². The van der Waals surface area contributed by atoms with Crippen molar-refractivity contribution >= 4 is 5.97 Å². The van der Waals surface area contributed by atoms with E-state index >= 15 is 0 Å². The average Bonchev–Trinajstić information content (AvgIpc) is 2.48. The van der Waals surface area contributed by atoms with Crippen LogP contribution in [-0.4, -0.2) is 12.6 Å². The molecule has 0 N–H and O–H groups in total. The molecule has 3 heteroatoms. The summed E-state index contributed by atoms with van der Waals surface area (Å²) in [6, 6.07) is 12.1. The molecule has 1 aromatic carbocycles. The molecule has 0 aromatic heterocycles. The Balaban J connectivity index is 2.38. The maximum atomic E-state index is 12.3. The highest BCUT2D eigenvalue weighted by Gasteiger charge is 2.49. The maximum absolute atomic E-state index is 12.3. The first-order chi connectivity index (χ1) is 9.24. The highest BCUT2D eigenvalue weighted by Crippen LogP contribution is 2.47. The minimum absolute atomic E-state index is 0.0495. The lowest BCUT2D eigenvalue weighted by atomic mass is 9.64. The molecule has 1 saturated carbocycles. The molecule has 1 aromatic rings. The monoisotopic (exact) mass is 257 g/mol. The minimum Gasteiger partial charge on any atom is -0.465 e. The van der Waals surface area contributed by atoms with Crippen LogP contribution < -0.4 is 0 Å². The van der Waals surface area contributed by atoms with Gasteiger partial charge in [-0.2, -0.15) is 5.26 Å². The fraction of sp³-hybridized carbons (Fsp3) is 0.500. The topological polar surface area (TPSA) is 50.1 Å². The summed E-state index contributed by atoms with van der Waals surface area (Å²) >= 11 is 0. The van der Waals surface area contributed by atoms with Crippen molar-refractivity contribution in [1.29, 1.82) is 5.26 Å². The second kappa shape index (κ2) is 5.88. The molecular formula is C16H19NO2. The summed E-state index contributed by atoms with van der Waals surface area (Å²) in [5.74, 6) is -0.405. The third-order valence-electron chi connectivity index (χ3n) is 3.95. The molecule has 0 bridgehead atoms. The molecule has 0 spiro atoms. The third-order valence-corrected chi connectivity index (χ3v) is 3.95. The van der Waals surface area contributed by atoms with Crippen molar-refractivity contribution in [3.8, 4) is 6.07 Å². The van der Waals surface area contributed by atoms with Crippen LogP contribution in [0.4, 0.5) is 0 Å². The van der Waals surface area contributed by atoms with Crippen molar-refractivity contribution in [2.24, 2.45) is 5.41 Å². The zero-order valence-corrected chi connectivity index (χ0v) is 11.3. The van der Waals surface area contributed by atoms with E-state index in [-0.39, 0.29) is 11.9 Å². The number of nitriles is 1. The molecule has 0 radical (unpaired) electrons. The highest BCUT2D eigenvalue weighted by molar-refractivity contribution is 5.81. The van der Waals surface area contributed by atoms with E-state index in [9.17, 15) is 10.1 Å². The predicted molar refractivity (Wildman–Crippen MR) is 72.3 cm³/mol. The summed E-state index contributed by atoms with van der Waals surface area (Å²) in [6.45, 7) is 2.10. The Morgan fingerprint density at radius 1 is 1.42 bits per heavy atom. The Morgan fingerprint density at radius 3 is 2.79 bits per heavy atom. The van der Waals surface area contributed by atoms with Crippen LogP contribution in [0, 0.1) is 16.7 Å². The Hall–Kier alpha value is -1.82. The molecule has 1 aliphatic rings. The molecule has 0 unspecified atom stereocenters. The summed E-state index contributed by atoms with van der Waals surface area (Å²) in [5.41, 5.74) is 0.0621. The molecule has 3 nitrogen and oxygen atoms in total. The van der Waals surface area contributed by atoms with Crippen molar-refractivity contribution in [3.05, 3.63) is 35.9 Å². The van der Waals surface area contributed by atoms with E-state index < -0.39 is 5.41 Å². The summed E-state index contributed by atoms with van der Waals surface area (Å²) in [4.78, 5) is 12.3. The Labute approximate surface area is 114 Å². The first kappa shape index (κ1) is 13.6. The van der Waals surface area contributed by atoms with Crippen LogP contribution >= 0.6 is 0 Å². The van der Waals surface area contributed by atoms with Gasteiger partial charge in [0.05, 0.1) is 12.7 Å². The second-order valence-electron chi connectivity index (χ2n) is 5.01. The quantitative estimate of drug-likeness (QED) is 0.779. The fourth-order valence-electron chi connectivity index (χ4n) is 2.99. The molecule has 0 saturated heterocycles. The smallest absolute Gasteiger partial charge is 0.327 e. The zero-order valence-electron chi connectivity index (χ0n) is 11.3. The SMILES string of the molecule is CCOC(=O)[C@@]1(C#N)CCCC[C@@H]1c1ccccc1. The number of rotatable bonds is 3. The number of ether oxygens (including phenoxy) is 1. The van der Waals surface area contributed by atoms with Gasteiger partial charge in [-0.05, 0) is 25.3 Å². The summed E-state index contributed by atoms with van der Waals surface area (Å²) in [5, 5.41) is 9.62. The molecular weight excluding hydrogens is 238 g/mol. The van der Waals surface area contributed by atoms with E-state index in [0.717, 1.165) is 24.8 Å². The number of hydrogen-bond acceptors (Lipinski definition) is 3. The van der Waals surface area contributed by atoms with Crippen molar-refractivity contribution in [2.75, 3.05) is 6.61 Å². The van der Waals surface area contributed by atoms with E-state index in [2.05, 4.69) is 6.07 Å². The van der Waals surface area contributed by atoms with Gasteiger partial charge in [0.15, 0.2) is 5.41 Å². The predicted octanol–water partition coefficient (Wildman–Crippen LogP) is 3.42. The standard InChI is InChI=1S/C16H19NO2/c1-2-19-15(18)16(12-17)11-7-6-10-14(16)13-8-4-3-5-9-13/h3-5,8-9,14H,2,6-7,10-11H2,1H3/t14-,16-/m1/s1. The largest absolute Gasteiger partial charge is 0.465 e. The van der Waals surface area contributed by atoms with Gasteiger partial charge in [0.25, 0.3) is 0 Å². The van der Waals surface area contributed by atoms with Gasteiger partial charge < -0.3 is 4.74 Å². The first-order valence-electron chi connectivity index (χ1n) is 6.88. The van der Waals surface area contributed by atoms with Crippen LogP contribution in [-0.2, 0) is 9.53 Å². The Kier molecular flexibility index (Phi) is 4.21. The van der Waals surface area contributed by atoms with Gasteiger partial charge in [0.2, 0.25) is 0 Å². The fourth-order valence-corrected chi connectivity index (χ4v) is 2.99. The normalized spacial score (nSPS) is 26.4. The lowest BCUT2D eigenvalue weighted by Gasteiger charge is -2.37. The van der Waals surface area contributed by atoms with Gasteiger partial charge in [0, 0.05) is 5.92 Å². The molecule has 19 heavy (non-hydrogen) atoms. The highest BCUT2D eigenvalue weighted by atomic mass is 16.5. The van der Waals surface area contributed by atoms with Crippen LogP contribution in [0.1, 0.15) is 44.1 Å². The molecule has 0 heterocycles. The third kappa shape index (κ3) is 2.49. The van der Waals surface area contributed by atoms with Crippen LogP contribution in [0.25, 0.3) is 0 Å². The number of nitrogens with zero attached hydrogens (tertiary/aromatic N) is 1. The van der Waals surface area contributed by atoms with Crippen molar-refractivity contribution in [3.63, 3.8) is 0 Å². The lowest BCUT2D eigenvalue weighted by Crippen LogP contribution is -2.40. The minimum atomic E-state index is -1.00. The number of hydrogen-bond donors (Lipinski definition) is 0. The summed E-state index contributed by atoms with van der Waals surface area (Å²) in [6.07, 6.45) is 3.44. The number of carbonyl (C=O) groups is 1. The van der Waals surface area contributed by atoms with Crippen LogP contribution in [0.3, 0.4) is 0 Å². The zero-order chi connectivity index (χ0) is 13.7. The molecule has 2 rings (SSSR count). The van der Waals surface area contributed by atoms with E-state index in [0.29, 0.717) is 13.0 Å². The van der Waals surface area contributed by atoms with Gasteiger partial charge in [0.1, 0.15) is 0 Å². The average molecular weight is 257 g/mol. The molecule has 100 valence electrons.